The normalized spacial score (nSPS) is 9.64. The number of aryl methyl sites for hydroxylation is 1. The number of anilines is 2. The van der Waals surface area contributed by atoms with E-state index in [1.807, 2.05) is 31.2 Å². The van der Waals surface area contributed by atoms with Crippen LogP contribution >= 0.6 is 0 Å². The number of benzene rings is 2. The van der Waals surface area contributed by atoms with Crippen LogP contribution in [0.15, 0.2) is 48.5 Å². The average Bonchev–Trinajstić information content (AvgIpc) is 2.47. The number of carbonyl (C=O) groups excluding carboxylic acids is 2. The number of carbonyl (C=O) groups is 2. The summed E-state index contributed by atoms with van der Waals surface area (Å²) in [5, 5.41) is 14.2. The van der Waals surface area contributed by atoms with Gasteiger partial charge in [-0.3, -0.25) is 9.59 Å². The predicted molar refractivity (Wildman–Crippen MR) is 84.2 cm³/mol. The predicted octanol–water partition coefficient (Wildman–Crippen LogP) is 2.83. The molecule has 0 bridgehead atoms. The Balaban J connectivity index is 1.94. The first kappa shape index (κ1) is 15.3. The molecule has 0 heterocycles. The molecule has 0 atom stereocenters. The lowest BCUT2D eigenvalue weighted by Crippen LogP contribution is -2.21. The van der Waals surface area contributed by atoms with Crippen molar-refractivity contribution in [1.29, 1.82) is 5.26 Å². The van der Waals surface area contributed by atoms with Crippen LogP contribution < -0.4 is 10.6 Å². The fourth-order valence-corrected chi connectivity index (χ4v) is 1.96. The third-order valence-corrected chi connectivity index (χ3v) is 2.94. The minimum absolute atomic E-state index is 0.312. The Morgan fingerprint density at radius 2 is 1.77 bits per heavy atom. The molecule has 2 aromatic rings. The molecule has 110 valence electrons. The van der Waals surface area contributed by atoms with Crippen LogP contribution in [0.1, 0.15) is 17.5 Å². The molecule has 5 heteroatoms. The molecule has 0 radical (unpaired) electrons. The third kappa shape index (κ3) is 4.18. The summed E-state index contributed by atoms with van der Waals surface area (Å²) in [5.41, 5.74) is 2.42. The quantitative estimate of drug-likeness (QED) is 0.850. The fourth-order valence-electron chi connectivity index (χ4n) is 1.96. The molecule has 22 heavy (non-hydrogen) atoms. The van der Waals surface area contributed by atoms with E-state index in [1.165, 1.54) is 0 Å². The monoisotopic (exact) mass is 293 g/mol. The second-order valence-corrected chi connectivity index (χ2v) is 4.80. The number of hydrogen-bond donors (Lipinski definition) is 2. The molecule has 2 rings (SSSR count). The van der Waals surface area contributed by atoms with Crippen LogP contribution in [0.2, 0.25) is 0 Å². The number of hydrogen-bond acceptors (Lipinski definition) is 3. The number of para-hydroxylation sites is 1. The Bertz CT molecular complexity index is 748. The maximum absolute atomic E-state index is 11.9. The average molecular weight is 293 g/mol. The van der Waals surface area contributed by atoms with Gasteiger partial charge in [0.1, 0.15) is 12.5 Å². The fraction of sp³-hybridized carbons (Fsp3) is 0.118. The van der Waals surface area contributed by atoms with Gasteiger partial charge >= 0.3 is 0 Å². The highest BCUT2D eigenvalue weighted by Gasteiger charge is 2.11. The van der Waals surface area contributed by atoms with Crippen molar-refractivity contribution < 1.29 is 9.59 Å². The van der Waals surface area contributed by atoms with Gasteiger partial charge in [-0.1, -0.05) is 24.3 Å². The largest absolute Gasteiger partial charge is 0.326 e. The van der Waals surface area contributed by atoms with Crippen LogP contribution in [0.3, 0.4) is 0 Å². The second-order valence-electron chi connectivity index (χ2n) is 4.80. The van der Waals surface area contributed by atoms with Gasteiger partial charge in [-0.2, -0.15) is 5.26 Å². The van der Waals surface area contributed by atoms with Crippen LogP contribution in [-0.4, -0.2) is 11.8 Å². The molecule has 0 saturated carbocycles. The minimum Gasteiger partial charge on any atom is -0.326 e. The molecule has 5 nitrogen and oxygen atoms in total. The summed E-state index contributed by atoms with van der Waals surface area (Å²) in [4.78, 5) is 23.7. The number of nitrogens with zero attached hydrogens (tertiary/aromatic N) is 1. The smallest absolute Gasteiger partial charge is 0.233 e. The summed E-state index contributed by atoms with van der Waals surface area (Å²) in [7, 11) is 0. The molecule has 2 amide bonds. The van der Waals surface area contributed by atoms with E-state index in [2.05, 4.69) is 10.6 Å². The van der Waals surface area contributed by atoms with Gasteiger partial charge in [0.05, 0.1) is 11.3 Å². The molecule has 0 aliphatic carbocycles. The molecule has 2 N–H and O–H groups in total. The van der Waals surface area contributed by atoms with Crippen molar-refractivity contribution in [3.05, 3.63) is 59.7 Å². The highest BCUT2D eigenvalue weighted by atomic mass is 16.2. The second kappa shape index (κ2) is 7.04. The van der Waals surface area contributed by atoms with E-state index in [-0.39, 0.29) is 6.42 Å². The first-order chi connectivity index (χ1) is 10.6. The van der Waals surface area contributed by atoms with Crippen molar-refractivity contribution in [2.75, 3.05) is 10.6 Å². The maximum atomic E-state index is 11.9. The molecule has 2 aromatic carbocycles. The number of amides is 2. The van der Waals surface area contributed by atoms with Crippen LogP contribution in [0.25, 0.3) is 0 Å². The topological polar surface area (TPSA) is 82.0 Å². The zero-order valence-electron chi connectivity index (χ0n) is 12.1. The summed E-state index contributed by atoms with van der Waals surface area (Å²) < 4.78 is 0. The summed E-state index contributed by atoms with van der Waals surface area (Å²) in [6.45, 7) is 1.92. The summed E-state index contributed by atoms with van der Waals surface area (Å²) in [6.07, 6.45) is -0.312. The Kier molecular flexibility index (Phi) is 4.89. The van der Waals surface area contributed by atoms with Crippen molar-refractivity contribution in [2.24, 2.45) is 0 Å². The Hall–Kier alpha value is -3.13. The van der Waals surface area contributed by atoms with E-state index >= 15 is 0 Å². The number of rotatable bonds is 4. The van der Waals surface area contributed by atoms with Gasteiger partial charge < -0.3 is 10.6 Å². The van der Waals surface area contributed by atoms with E-state index in [9.17, 15) is 9.59 Å². The lowest BCUT2D eigenvalue weighted by molar-refractivity contribution is -0.123. The molecule has 0 fully saturated rings. The van der Waals surface area contributed by atoms with Crippen LogP contribution in [0, 0.1) is 18.3 Å². The van der Waals surface area contributed by atoms with Crippen molar-refractivity contribution in [3.63, 3.8) is 0 Å². The van der Waals surface area contributed by atoms with Crippen molar-refractivity contribution >= 4 is 23.2 Å². The van der Waals surface area contributed by atoms with Gasteiger partial charge in [0.15, 0.2) is 0 Å². The molecular weight excluding hydrogens is 278 g/mol. The van der Waals surface area contributed by atoms with E-state index in [1.54, 1.807) is 30.3 Å². The first-order valence-corrected chi connectivity index (χ1v) is 6.74. The maximum Gasteiger partial charge on any atom is 0.233 e. The number of nitriles is 1. The zero-order valence-corrected chi connectivity index (χ0v) is 12.1. The Morgan fingerprint density at radius 3 is 2.50 bits per heavy atom. The Morgan fingerprint density at radius 1 is 1.05 bits per heavy atom. The minimum atomic E-state index is -0.465. The van der Waals surface area contributed by atoms with E-state index in [0.717, 1.165) is 5.56 Å². The molecule has 0 unspecified atom stereocenters. The van der Waals surface area contributed by atoms with Crippen LogP contribution in [-0.2, 0) is 9.59 Å². The van der Waals surface area contributed by atoms with Crippen molar-refractivity contribution in [2.45, 2.75) is 13.3 Å². The lowest BCUT2D eigenvalue weighted by Gasteiger charge is -2.08. The Labute approximate surface area is 128 Å². The molecule has 0 spiro atoms. The summed E-state index contributed by atoms with van der Waals surface area (Å²) >= 11 is 0. The van der Waals surface area contributed by atoms with Gasteiger partial charge in [0, 0.05) is 5.69 Å². The SMILES string of the molecule is Cc1cccc(NC(=O)CC(=O)Nc2ccccc2C#N)c1. The molecule has 0 aliphatic heterocycles. The third-order valence-electron chi connectivity index (χ3n) is 2.94. The van der Waals surface area contributed by atoms with E-state index < -0.39 is 11.8 Å². The van der Waals surface area contributed by atoms with Gasteiger partial charge in [0.2, 0.25) is 11.8 Å². The van der Waals surface area contributed by atoms with Crippen molar-refractivity contribution in [3.8, 4) is 6.07 Å². The molecule has 0 aliphatic rings. The standard InChI is InChI=1S/C17H15N3O2/c1-12-5-4-7-14(9-12)19-16(21)10-17(22)20-15-8-3-2-6-13(15)11-18/h2-9H,10H2,1H3,(H,19,21)(H,20,22). The van der Waals surface area contributed by atoms with E-state index in [4.69, 9.17) is 5.26 Å². The van der Waals surface area contributed by atoms with E-state index in [0.29, 0.717) is 16.9 Å². The van der Waals surface area contributed by atoms with Crippen molar-refractivity contribution in [1.82, 2.24) is 0 Å². The van der Waals surface area contributed by atoms with Gasteiger partial charge in [-0.15, -0.1) is 0 Å². The highest BCUT2D eigenvalue weighted by molar-refractivity contribution is 6.08. The van der Waals surface area contributed by atoms with Gasteiger partial charge in [-0.25, -0.2) is 0 Å². The zero-order chi connectivity index (χ0) is 15.9. The summed E-state index contributed by atoms with van der Waals surface area (Å²) in [6, 6.07) is 15.9. The van der Waals surface area contributed by atoms with Gasteiger partial charge in [0.25, 0.3) is 0 Å². The van der Waals surface area contributed by atoms with Crippen LogP contribution in [0.4, 0.5) is 11.4 Å². The molecule has 0 aromatic heterocycles. The van der Waals surface area contributed by atoms with Gasteiger partial charge in [-0.05, 0) is 36.8 Å². The lowest BCUT2D eigenvalue weighted by atomic mass is 10.2. The van der Waals surface area contributed by atoms with Crippen LogP contribution in [0.5, 0.6) is 0 Å². The molecular formula is C17H15N3O2. The first-order valence-electron chi connectivity index (χ1n) is 6.74. The number of nitrogens with one attached hydrogen (secondary N) is 2. The highest BCUT2D eigenvalue weighted by Crippen LogP contribution is 2.14. The molecule has 0 saturated heterocycles. The summed E-state index contributed by atoms with van der Waals surface area (Å²) in [5.74, 6) is -0.870.